The van der Waals surface area contributed by atoms with Crippen LogP contribution >= 0.6 is 11.6 Å². The number of nitrogens with zero attached hydrogens (tertiary/aromatic N) is 1. The highest BCUT2D eigenvalue weighted by Gasteiger charge is 2.18. The average molecular weight is 469 g/mol. The number of benzene rings is 2. The minimum absolute atomic E-state index is 0.202. The monoisotopic (exact) mass is 468 g/mol. The number of amides is 1. The minimum atomic E-state index is -0.640. The summed E-state index contributed by atoms with van der Waals surface area (Å²) in [5, 5.41) is 7.21. The summed E-state index contributed by atoms with van der Waals surface area (Å²) in [5.41, 5.74) is 3.39. The van der Waals surface area contributed by atoms with Crippen LogP contribution in [0.3, 0.4) is 0 Å². The molecule has 3 rings (SSSR count). The molecule has 0 aliphatic carbocycles. The number of carbonyl (C=O) groups is 2. The van der Waals surface area contributed by atoms with Gasteiger partial charge in [-0.25, -0.2) is 4.79 Å². The third kappa shape index (κ3) is 6.95. The highest BCUT2D eigenvalue weighted by atomic mass is 35.5. The van der Waals surface area contributed by atoms with Crippen LogP contribution in [-0.2, 0) is 14.3 Å². The van der Waals surface area contributed by atoms with Gasteiger partial charge in [0, 0.05) is 22.6 Å². The first kappa shape index (κ1) is 24.1. The van der Waals surface area contributed by atoms with E-state index in [4.69, 9.17) is 20.9 Å². The minimum Gasteiger partial charge on any atom is -0.469 e. The molecule has 0 unspecified atom stereocenters. The van der Waals surface area contributed by atoms with Gasteiger partial charge in [0.05, 0.1) is 7.11 Å². The molecule has 0 aliphatic rings. The van der Waals surface area contributed by atoms with Gasteiger partial charge < -0.3 is 14.0 Å². The summed E-state index contributed by atoms with van der Waals surface area (Å²) in [6.07, 6.45) is 6.10. The smallest absolute Gasteiger partial charge is 0.412 e. The van der Waals surface area contributed by atoms with Crippen molar-refractivity contribution in [3.8, 4) is 11.3 Å². The maximum absolute atomic E-state index is 12.4. The third-order valence-electron chi connectivity index (χ3n) is 4.91. The summed E-state index contributed by atoms with van der Waals surface area (Å²) in [4.78, 5) is 23.5. The second kappa shape index (κ2) is 11.9. The Morgan fingerprint density at radius 1 is 1.18 bits per heavy atom. The van der Waals surface area contributed by atoms with E-state index in [0.29, 0.717) is 28.4 Å². The van der Waals surface area contributed by atoms with Crippen molar-refractivity contribution in [2.45, 2.75) is 32.3 Å². The topological polar surface area (TPSA) is 90.7 Å². The lowest BCUT2D eigenvalue weighted by Crippen LogP contribution is -2.16. The van der Waals surface area contributed by atoms with Crippen LogP contribution in [0.5, 0.6) is 0 Å². The van der Waals surface area contributed by atoms with Gasteiger partial charge in [-0.2, -0.15) is 0 Å². The van der Waals surface area contributed by atoms with Gasteiger partial charge in [-0.1, -0.05) is 71.4 Å². The van der Waals surface area contributed by atoms with E-state index in [9.17, 15) is 9.59 Å². The van der Waals surface area contributed by atoms with Crippen LogP contribution < -0.4 is 5.32 Å². The van der Waals surface area contributed by atoms with E-state index >= 15 is 0 Å². The average Bonchev–Trinajstić information content (AvgIpc) is 3.27. The summed E-state index contributed by atoms with van der Waals surface area (Å²) in [6, 6.07) is 14.8. The summed E-state index contributed by atoms with van der Waals surface area (Å²) < 4.78 is 15.1. The summed E-state index contributed by atoms with van der Waals surface area (Å²) in [6.45, 7) is 1.75. The van der Waals surface area contributed by atoms with E-state index in [0.717, 1.165) is 24.0 Å². The van der Waals surface area contributed by atoms with E-state index < -0.39 is 12.2 Å². The second-order valence-corrected chi connectivity index (χ2v) is 7.67. The Balaban J connectivity index is 1.58. The number of esters is 1. The number of halogens is 1. The van der Waals surface area contributed by atoms with Gasteiger partial charge in [-0.15, -0.1) is 0 Å². The van der Waals surface area contributed by atoms with Crippen LogP contribution in [-0.4, -0.2) is 24.3 Å². The van der Waals surface area contributed by atoms with Crippen LogP contribution in [0.1, 0.15) is 43.4 Å². The fourth-order valence-electron chi connectivity index (χ4n) is 3.14. The molecule has 7 nitrogen and oxygen atoms in total. The van der Waals surface area contributed by atoms with Gasteiger partial charge in [0.15, 0.2) is 0 Å². The maximum atomic E-state index is 12.4. The van der Waals surface area contributed by atoms with Crippen molar-refractivity contribution in [2.75, 3.05) is 12.4 Å². The van der Waals surface area contributed by atoms with Crippen molar-refractivity contribution in [3.05, 3.63) is 77.0 Å². The number of aromatic nitrogens is 1. The van der Waals surface area contributed by atoms with Crippen LogP contribution in [0.2, 0.25) is 5.02 Å². The number of unbranched alkanes of at least 4 members (excludes halogenated alkanes) is 1. The molecule has 1 heterocycles. The number of nitrogens with one attached hydrogen (secondary N) is 1. The first-order valence-corrected chi connectivity index (χ1v) is 10.9. The first-order valence-electron chi connectivity index (χ1n) is 10.5. The quantitative estimate of drug-likeness (QED) is 0.279. The molecule has 1 amide bonds. The predicted octanol–water partition coefficient (Wildman–Crippen LogP) is 6.66. The molecular weight excluding hydrogens is 444 g/mol. The Bertz CT molecular complexity index is 1110. The molecule has 0 bridgehead atoms. The van der Waals surface area contributed by atoms with E-state index in [1.807, 2.05) is 48.6 Å². The Hall–Kier alpha value is -3.58. The molecule has 3 aromatic rings. The molecule has 0 fully saturated rings. The highest BCUT2D eigenvalue weighted by Crippen LogP contribution is 2.29. The van der Waals surface area contributed by atoms with E-state index in [2.05, 4.69) is 15.2 Å². The normalized spacial score (nSPS) is 11.8. The number of anilines is 1. The van der Waals surface area contributed by atoms with Crippen molar-refractivity contribution in [1.29, 1.82) is 0 Å². The van der Waals surface area contributed by atoms with Crippen molar-refractivity contribution < 1.29 is 23.6 Å². The molecular formula is C25H25ClN2O5. The van der Waals surface area contributed by atoms with Crippen molar-refractivity contribution >= 4 is 35.4 Å². The van der Waals surface area contributed by atoms with E-state index in [-0.39, 0.29) is 5.97 Å². The van der Waals surface area contributed by atoms with Crippen LogP contribution in [0.15, 0.2) is 65.4 Å². The van der Waals surface area contributed by atoms with Gasteiger partial charge in [0.2, 0.25) is 0 Å². The predicted molar refractivity (Wildman–Crippen MR) is 127 cm³/mol. The van der Waals surface area contributed by atoms with Gasteiger partial charge in [-0.3, -0.25) is 10.1 Å². The molecule has 8 heteroatoms. The number of rotatable bonds is 9. The lowest BCUT2D eigenvalue weighted by Gasteiger charge is -2.15. The Morgan fingerprint density at radius 2 is 1.94 bits per heavy atom. The Kier molecular flexibility index (Phi) is 8.66. The molecule has 0 saturated carbocycles. The SMILES string of the molecule is COC(=O)CCCC=Cc1ccc(-c2nocc2NC(=O)O[C@H](C)c2ccccc2Cl)cc1. The fourth-order valence-corrected chi connectivity index (χ4v) is 3.43. The molecule has 1 atom stereocenters. The van der Waals surface area contributed by atoms with Gasteiger partial charge in [0.1, 0.15) is 23.7 Å². The lowest BCUT2D eigenvalue weighted by atomic mass is 10.1. The molecule has 1 N–H and O–H groups in total. The number of methoxy groups -OCH3 is 1. The first-order chi connectivity index (χ1) is 16.0. The molecule has 0 spiro atoms. The van der Waals surface area contributed by atoms with Crippen LogP contribution in [0, 0.1) is 0 Å². The summed E-state index contributed by atoms with van der Waals surface area (Å²) >= 11 is 6.17. The number of carbonyl (C=O) groups excluding carboxylic acids is 2. The number of allylic oxidation sites excluding steroid dienone is 1. The van der Waals surface area contributed by atoms with Crippen LogP contribution in [0.25, 0.3) is 17.3 Å². The summed E-state index contributed by atoms with van der Waals surface area (Å²) in [5.74, 6) is -0.202. The number of hydrogen-bond donors (Lipinski definition) is 1. The van der Waals surface area contributed by atoms with E-state index in [1.165, 1.54) is 13.4 Å². The molecule has 1 aromatic heterocycles. The van der Waals surface area contributed by atoms with Crippen molar-refractivity contribution in [3.63, 3.8) is 0 Å². The van der Waals surface area contributed by atoms with Gasteiger partial charge in [0.25, 0.3) is 0 Å². The van der Waals surface area contributed by atoms with Crippen molar-refractivity contribution in [1.82, 2.24) is 5.16 Å². The van der Waals surface area contributed by atoms with Crippen molar-refractivity contribution in [2.24, 2.45) is 0 Å². The molecule has 2 aromatic carbocycles. The Morgan fingerprint density at radius 3 is 2.67 bits per heavy atom. The largest absolute Gasteiger partial charge is 0.469 e. The zero-order valence-corrected chi connectivity index (χ0v) is 19.2. The second-order valence-electron chi connectivity index (χ2n) is 7.26. The van der Waals surface area contributed by atoms with Crippen LogP contribution in [0.4, 0.5) is 10.5 Å². The maximum Gasteiger partial charge on any atom is 0.412 e. The number of ether oxygens (including phenoxy) is 2. The summed E-state index contributed by atoms with van der Waals surface area (Å²) in [7, 11) is 1.39. The van der Waals surface area contributed by atoms with Gasteiger partial charge in [-0.05, 0) is 31.4 Å². The molecule has 0 aliphatic heterocycles. The third-order valence-corrected chi connectivity index (χ3v) is 5.25. The van der Waals surface area contributed by atoms with Gasteiger partial charge >= 0.3 is 12.1 Å². The fraction of sp³-hybridized carbons (Fsp3) is 0.240. The standard InChI is InChI=1S/C25H25ClN2O5/c1-17(20-9-6-7-10-21(20)26)33-25(30)27-22-16-32-28-24(22)19-14-12-18(13-15-19)8-4-3-5-11-23(29)31-2/h4,6-10,12-17H,3,5,11H2,1-2H3,(H,27,30)/t17-/m1/s1. The Labute approximate surface area is 197 Å². The lowest BCUT2D eigenvalue weighted by molar-refractivity contribution is -0.140. The molecule has 0 radical (unpaired) electrons. The molecule has 172 valence electrons. The molecule has 0 saturated heterocycles. The highest BCUT2D eigenvalue weighted by molar-refractivity contribution is 6.31. The molecule has 33 heavy (non-hydrogen) atoms. The zero-order chi connectivity index (χ0) is 23.6. The van der Waals surface area contributed by atoms with E-state index in [1.54, 1.807) is 19.1 Å². The number of hydrogen-bond acceptors (Lipinski definition) is 6. The zero-order valence-electron chi connectivity index (χ0n) is 18.4.